The van der Waals surface area contributed by atoms with Gasteiger partial charge in [-0.3, -0.25) is 4.99 Å². The van der Waals surface area contributed by atoms with Crippen LogP contribution in [0.25, 0.3) is 0 Å². The van der Waals surface area contributed by atoms with E-state index >= 15 is 0 Å². The highest BCUT2D eigenvalue weighted by Gasteiger charge is 2.11. The van der Waals surface area contributed by atoms with E-state index in [9.17, 15) is 12.8 Å². The number of rotatable bonds is 7. The SMILES string of the molecule is CN=C(NCCNS(=O)(=O)c1ccccc1)NCc1ccc(F)cc1. The summed E-state index contributed by atoms with van der Waals surface area (Å²) in [6.45, 7) is 1.07. The molecule has 0 radical (unpaired) electrons. The van der Waals surface area contributed by atoms with Gasteiger partial charge in [0, 0.05) is 26.7 Å². The lowest BCUT2D eigenvalue weighted by Gasteiger charge is -2.12. The number of benzene rings is 2. The molecule has 0 aliphatic heterocycles. The molecular weight excluding hydrogens is 343 g/mol. The number of halogens is 1. The van der Waals surface area contributed by atoms with Crippen LogP contribution in [-0.2, 0) is 16.6 Å². The van der Waals surface area contributed by atoms with Crippen LogP contribution in [0.2, 0.25) is 0 Å². The highest BCUT2D eigenvalue weighted by atomic mass is 32.2. The van der Waals surface area contributed by atoms with E-state index in [1.807, 2.05) is 0 Å². The summed E-state index contributed by atoms with van der Waals surface area (Å²) in [4.78, 5) is 4.29. The van der Waals surface area contributed by atoms with Crippen molar-refractivity contribution < 1.29 is 12.8 Å². The zero-order valence-electron chi connectivity index (χ0n) is 13.9. The van der Waals surface area contributed by atoms with Gasteiger partial charge in [-0.15, -0.1) is 0 Å². The first-order valence-corrected chi connectivity index (χ1v) is 9.23. The van der Waals surface area contributed by atoms with Crippen molar-refractivity contribution in [3.8, 4) is 0 Å². The van der Waals surface area contributed by atoms with E-state index in [1.165, 1.54) is 12.1 Å². The summed E-state index contributed by atoms with van der Waals surface area (Å²) in [5.41, 5.74) is 0.911. The third-order valence-corrected chi connectivity index (χ3v) is 4.84. The molecule has 0 atom stereocenters. The summed E-state index contributed by atoms with van der Waals surface area (Å²) in [6.07, 6.45) is 0. The molecule has 0 bridgehead atoms. The van der Waals surface area contributed by atoms with Crippen LogP contribution in [0.3, 0.4) is 0 Å². The molecule has 0 fully saturated rings. The van der Waals surface area contributed by atoms with E-state index in [0.29, 0.717) is 19.0 Å². The van der Waals surface area contributed by atoms with Crippen molar-refractivity contribution in [1.82, 2.24) is 15.4 Å². The highest BCUT2D eigenvalue weighted by Crippen LogP contribution is 2.06. The number of hydrogen-bond acceptors (Lipinski definition) is 3. The molecule has 0 unspecified atom stereocenters. The van der Waals surface area contributed by atoms with Gasteiger partial charge in [-0.05, 0) is 29.8 Å². The lowest BCUT2D eigenvalue weighted by Crippen LogP contribution is -2.41. The van der Waals surface area contributed by atoms with Crippen molar-refractivity contribution in [2.75, 3.05) is 20.1 Å². The average molecular weight is 364 g/mol. The zero-order chi connectivity index (χ0) is 18.1. The molecule has 0 aliphatic rings. The smallest absolute Gasteiger partial charge is 0.240 e. The first-order chi connectivity index (χ1) is 12.0. The van der Waals surface area contributed by atoms with E-state index in [1.54, 1.807) is 49.5 Å². The normalized spacial score (nSPS) is 12.0. The second-order valence-electron chi connectivity index (χ2n) is 5.19. The fourth-order valence-electron chi connectivity index (χ4n) is 2.06. The largest absolute Gasteiger partial charge is 0.355 e. The molecule has 2 aromatic carbocycles. The van der Waals surface area contributed by atoms with Crippen molar-refractivity contribution in [3.05, 3.63) is 66.0 Å². The van der Waals surface area contributed by atoms with Gasteiger partial charge in [-0.2, -0.15) is 0 Å². The molecule has 0 heterocycles. The third-order valence-electron chi connectivity index (χ3n) is 3.36. The fraction of sp³-hybridized carbons (Fsp3) is 0.235. The summed E-state index contributed by atoms with van der Waals surface area (Å²) in [5, 5.41) is 6.09. The lowest BCUT2D eigenvalue weighted by molar-refractivity contribution is 0.580. The Balaban J connectivity index is 1.75. The predicted octanol–water partition coefficient (Wildman–Crippen LogP) is 1.47. The molecule has 0 aliphatic carbocycles. The molecular formula is C17H21FN4O2S. The van der Waals surface area contributed by atoms with E-state index in [4.69, 9.17) is 0 Å². The molecule has 0 saturated carbocycles. The Labute approximate surface area is 147 Å². The third kappa shape index (κ3) is 6.17. The first kappa shape index (κ1) is 18.9. The van der Waals surface area contributed by atoms with E-state index < -0.39 is 10.0 Å². The van der Waals surface area contributed by atoms with Crippen LogP contribution in [0, 0.1) is 5.82 Å². The number of hydrogen-bond donors (Lipinski definition) is 3. The summed E-state index contributed by atoms with van der Waals surface area (Å²) < 4.78 is 39.5. The molecule has 2 aromatic rings. The number of nitrogens with zero attached hydrogens (tertiary/aromatic N) is 1. The van der Waals surface area contributed by atoms with E-state index in [0.717, 1.165) is 5.56 Å². The number of sulfonamides is 1. The van der Waals surface area contributed by atoms with Gasteiger partial charge in [0.1, 0.15) is 5.82 Å². The van der Waals surface area contributed by atoms with E-state index in [2.05, 4.69) is 20.3 Å². The van der Waals surface area contributed by atoms with Crippen LogP contribution in [0.1, 0.15) is 5.56 Å². The Morgan fingerprint density at radius 3 is 2.32 bits per heavy atom. The van der Waals surface area contributed by atoms with Gasteiger partial charge in [0.2, 0.25) is 10.0 Å². The van der Waals surface area contributed by atoms with Crippen LogP contribution < -0.4 is 15.4 Å². The minimum Gasteiger partial charge on any atom is -0.355 e. The summed E-state index contributed by atoms with van der Waals surface area (Å²) in [7, 11) is -1.89. The van der Waals surface area contributed by atoms with Crippen molar-refractivity contribution >= 4 is 16.0 Å². The predicted molar refractivity (Wildman–Crippen MR) is 96.2 cm³/mol. The van der Waals surface area contributed by atoms with Crippen LogP contribution >= 0.6 is 0 Å². The molecule has 6 nitrogen and oxygen atoms in total. The average Bonchev–Trinajstić information content (AvgIpc) is 2.63. The van der Waals surface area contributed by atoms with Crippen molar-refractivity contribution in [1.29, 1.82) is 0 Å². The monoisotopic (exact) mass is 364 g/mol. The minimum atomic E-state index is -3.51. The second-order valence-corrected chi connectivity index (χ2v) is 6.96. The molecule has 2 rings (SSSR count). The fourth-order valence-corrected chi connectivity index (χ4v) is 3.11. The summed E-state index contributed by atoms with van der Waals surface area (Å²) >= 11 is 0. The molecule has 3 N–H and O–H groups in total. The molecule has 0 saturated heterocycles. The van der Waals surface area contributed by atoms with Gasteiger partial charge in [0.05, 0.1) is 4.90 Å². The number of guanidine groups is 1. The summed E-state index contributed by atoms with van der Waals surface area (Å²) in [5.74, 6) is 0.250. The van der Waals surface area contributed by atoms with Crippen molar-refractivity contribution in [2.45, 2.75) is 11.4 Å². The Morgan fingerprint density at radius 2 is 1.68 bits per heavy atom. The molecule has 25 heavy (non-hydrogen) atoms. The minimum absolute atomic E-state index is 0.217. The van der Waals surface area contributed by atoms with Crippen molar-refractivity contribution in [3.63, 3.8) is 0 Å². The van der Waals surface area contributed by atoms with Crippen molar-refractivity contribution in [2.24, 2.45) is 4.99 Å². The van der Waals surface area contributed by atoms with Gasteiger partial charge in [-0.25, -0.2) is 17.5 Å². The molecule has 0 amide bonds. The quantitative estimate of drug-likeness (QED) is 0.395. The molecule has 0 spiro atoms. The lowest BCUT2D eigenvalue weighted by atomic mass is 10.2. The number of nitrogens with one attached hydrogen (secondary N) is 3. The zero-order valence-corrected chi connectivity index (χ0v) is 14.7. The van der Waals surface area contributed by atoms with Gasteiger partial charge in [0.15, 0.2) is 5.96 Å². The van der Waals surface area contributed by atoms with Crippen LogP contribution in [0.4, 0.5) is 4.39 Å². The maximum absolute atomic E-state index is 12.9. The van der Waals surface area contributed by atoms with Crippen LogP contribution in [0.15, 0.2) is 64.5 Å². The number of aliphatic imine (C=N–C) groups is 1. The van der Waals surface area contributed by atoms with Crippen LogP contribution in [-0.4, -0.2) is 34.5 Å². The van der Waals surface area contributed by atoms with Gasteiger partial charge >= 0.3 is 0 Å². The Morgan fingerprint density at radius 1 is 1.00 bits per heavy atom. The topological polar surface area (TPSA) is 82.6 Å². The Kier molecular flexibility index (Phi) is 6.91. The maximum Gasteiger partial charge on any atom is 0.240 e. The second kappa shape index (κ2) is 9.14. The standard InChI is InChI=1S/C17H21FN4O2S/c1-19-17(21-13-14-7-9-15(18)10-8-14)20-11-12-22-25(23,24)16-5-3-2-4-6-16/h2-10,22H,11-13H2,1H3,(H2,19,20,21). The molecule has 134 valence electrons. The van der Waals surface area contributed by atoms with Gasteiger partial charge in [0.25, 0.3) is 0 Å². The Hall–Kier alpha value is -2.45. The molecule has 8 heteroatoms. The summed E-state index contributed by atoms with van der Waals surface area (Å²) in [6, 6.07) is 14.3. The maximum atomic E-state index is 12.9. The van der Waals surface area contributed by atoms with Gasteiger partial charge < -0.3 is 10.6 Å². The van der Waals surface area contributed by atoms with E-state index in [-0.39, 0.29) is 17.3 Å². The first-order valence-electron chi connectivity index (χ1n) is 7.75. The highest BCUT2D eigenvalue weighted by molar-refractivity contribution is 7.89. The Bertz CT molecular complexity index is 793. The van der Waals surface area contributed by atoms with Gasteiger partial charge in [-0.1, -0.05) is 30.3 Å². The van der Waals surface area contributed by atoms with Crippen LogP contribution in [0.5, 0.6) is 0 Å². The molecule has 0 aromatic heterocycles.